The number of ether oxygens (including phenoxy) is 1. The minimum Gasteiger partial charge on any atom is -0.402 e. The molecule has 1 aromatic rings. The van der Waals surface area contributed by atoms with Crippen molar-refractivity contribution in [3.63, 3.8) is 0 Å². The fraction of sp³-hybridized carbons (Fsp3) is 0.375. The van der Waals surface area contributed by atoms with Gasteiger partial charge in [0.2, 0.25) is 0 Å². The van der Waals surface area contributed by atoms with Crippen molar-refractivity contribution in [3.05, 3.63) is 21.0 Å². The van der Waals surface area contributed by atoms with Gasteiger partial charge in [-0.1, -0.05) is 0 Å². The van der Waals surface area contributed by atoms with Crippen LogP contribution in [0.1, 0.15) is 17.7 Å². The molecular weight excluding hydrogens is 364 g/mol. The molecule has 0 saturated carbocycles. The van der Waals surface area contributed by atoms with Crippen LogP contribution in [0.15, 0.2) is 6.07 Å². The Morgan fingerprint density at radius 1 is 1.41 bits per heavy atom. The van der Waals surface area contributed by atoms with Crippen LogP contribution in [0, 0.1) is 3.70 Å². The summed E-state index contributed by atoms with van der Waals surface area (Å²) >= 11 is 1.33. The molecule has 0 bridgehead atoms. The molecule has 0 atom stereocenters. The van der Waals surface area contributed by atoms with Crippen LogP contribution in [0.3, 0.4) is 0 Å². The molecule has 0 radical (unpaired) electrons. The molecular formula is C8H5F5INO2. The third-order valence-electron chi connectivity index (χ3n) is 1.63. The van der Waals surface area contributed by atoms with Crippen molar-refractivity contribution < 1.29 is 31.8 Å². The third-order valence-corrected chi connectivity index (χ3v) is 2.36. The van der Waals surface area contributed by atoms with Gasteiger partial charge in [0.05, 0.1) is 17.9 Å². The van der Waals surface area contributed by atoms with Gasteiger partial charge in [0.1, 0.15) is 3.70 Å². The quantitative estimate of drug-likeness (QED) is 0.506. The molecule has 9 heteroatoms. The normalized spacial score (nSPS) is 12.0. The summed E-state index contributed by atoms with van der Waals surface area (Å²) in [4.78, 5) is 3.50. The van der Waals surface area contributed by atoms with Gasteiger partial charge in [-0.2, -0.15) is 0 Å². The lowest BCUT2D eigenvalue weighted by molar-refractivity contribution is -0.275. The minimum absolute atomic E-state index is 0.153. The maximum absolute atomic E-state index is 12.5. The highest BCUT2D eigenvalue weighted by atomic mass is 127. The highest BCUT2D eigenvalue weighted by Crippen LogP contribution is 2.36. The van der Waals surface area contributed by atoms with Crippen LogP contribution < -0.4 is 4.74 Å². The zero-order valence-electron chi connectivity index (χ0n) is 7.93. The van der Waals surface area contributed by atoms with Gasteiger partial charge in [0.15, 0.2) is 5.75 Å². The highest BCUT2D eigenvalue weighted by molar-refractivity contribution is 14.1. The van der Waals surface area contributed by atoms with Crippen LogP contribution in [-0.2, 0) is 6.61 Å². The van der Waals surface area contributed by atoms with Crippen molar-refractivity contribution >= 4 is 22.6 Å². The molecule has 0 saturated heterocycles. The summed E-state index contributed by atoms with van der Waals surface area (Å²) in [6, 6.07) is 0.675. The maximum atomic E-state index is 12.5. The number of hydrogen-bond donors (Lipinski definition) is 1. The van der Waals surface area contributed by atoms with Gasteiger partial charge in [-0.05, 0) is 28.7 Å². The third kappa shape index (κ3) is 3.91. The van der Waals surface area contributed by atoms with E-state index in [2.05, 4.69) is 9.72 Å². The van der Waals surface area contributed by atoms with Crippen molar-refractivity contribution in [1.82, 2.24) is 4.98 Å². The van der Waals surface area contributed by atoms with Gasteiger partial charge in [-0.15, -0.1) is 13.2 Å². The van der Waals surface area contributed by atoms with E-state index in [4.69, 9.17) is 5.11 Å². The molecule has 0 fully saturated rings. The van der Waals surface area contributed by atoms with Crippen molar-refractivity contribution in [2.45, 2.75) is 19.4 Å². The lowest BCUT2D eigenvalue weighted by Gasteiger charge is -2.14. The van der Waals surface area contributed by atoms with Crippen molar-refractivity contribution in [2.24, 2.45) is 0 Å². The Bertz CT molecular complexity index is 410. The maximum Gasteiger partial charge on any atom is 0.573 e. The molecule has 0 aliphatic rings. The topological polar surface area (TPSA) is 42.4 Å². The Morgan fingerprint density at radius 2 is 2.00 bits per heavy atom. The Labute approximate surface area is 106 Å². The first-order valence-electron chi connectivity index (χ1n) is 4.08. The first-order valence-corrected chi connectivity index (χ1v) is 5.16. The number of aliphatic hydroxyl groups excluding tert-OH is 1. The van der Waals surface area contributed by atoms with Crippen molar-refractivity contribution in [3.8, 4) is 5.75 Å². The number of hydrogen-bond acceptors (Lipinski definition) is 3. The molecule has 0 aliphatic heterocycles. The van der Waals surface area contributed by atoms with E-state index in [9.17, 15) is 22.0 Å². The summed E-state index contributed by atoms with van der Waals surface area (Å²) < 4.78 is 64.2. The minimum atomic E-state index is -5.08. The summed E-state index contributed by atoms with van der Waals surface area (Å²) in [5.41, 5.74) is -1.11. The van der Waals surface area contributed by atoms with Gasteiger partial charge in [-0.3, -0.25) is 0 Å². The van der Waals surface area contributed by atoms with E-state index in [0.29, 0.717) is 6.07 Å². The number of rotatable bonds is 3. The van der Waals surface area contributed by atoms with Crippen molar-refractivity contribution in [2.75, 3.05) is 0 Å². The molecule has 96 valence electrons. The molecule has 1 rings (SSSR count). The van der Waals surface area contributed by atoms with E-state index in [1.807, 2.05) is 0 Å². The van der Waals surface area contributed by atoms with Gasteiger partial charge >= 0.3 is 6.36 Å². The lowest BCUT2D eigenvalue weighted by atomic mass is 10.2. The molecule has 1 aromatic heterocycles. The van der Waals surface area contributed by atoms with Crippen LogP contribution in [0.25, 0.3) is 0 Å². The summed E-state index contributed by atoms with van der Waals surface area (Å²) in [6.45, 7) is -0.651. The molecule has 1 N–H and O–H groups in total. The monoisotopic (exact) mass is 369 g/mol. The van der Waals surface area contributed by atoms with E-state index < -0.39 is 30.7 Å². The number of halogens is 6. The summed E-state index contributed by atoms with van der Waals surface area (Å²) in [6.07, 6.45) is -8.24. The second-order valence-corrected chi connectivity index (χ2v) is 3.85. The van der Waals surface area contributed by atoms with Gasteiger partial charge in [0, 0.05) is 0 Å². The van der Waals surface area contributed by atoms with Crippen LogP contribution in [0.4, 0.5) is 22.0 Å². The van der Waals surface area contributed by atoms with E-state index >= 15 is 0 Å². The van der Waals surface area contributed by atoms with E-state index in [-0.39, 0.29) is 9.39 Å². The SMILES string of the molecule is OCc1cc(C(F)F)c(OC(F)(F)F)c(I)n1. The number of aliphatic hydroxyl groups is 1. The first kappa shape index (κ1) is 14.4. The zero-order valence-corrected chi connectivity index (χ0v) is 10.1. The van der Waals surface area contributed by atoms with E-state index in [1.165, 1.54) is 22.6 Å². The first-order chi connectivity index (χ1) is 7.74. The molecule has 0 aliphatic carbocycles. The molecule has 0 amide bonds. The predicted molar refractivity (Wildman–Crippen MR) is 54.5 cm³/mol. The number of alkyl halides is 5. The fourth-order valence-electron chi connectivity index (χ4n) is 1.03. The summed E-state index contributed by atoms with van der Waals surface area (Å²) in [5, 5.41) is 8.72. The molecule has 0 unspecified atom stereocenters. The second kappa shape index (κ2) is 5.29. The van der Waals surface area contributed by atoms with E-state index in [0.717, 1.165) is 0 Å². The molecule has 17 heavy (non-hydrogen) atoms. The largest absolute Gasteiger partial charge is 0.573 e. The Morgan fingerprint density at radius 3 is 2.41 bits per heavy atom. The van der Waals surface area contributed by atoms with Crippen LogP contribution in [0.2, 0.25) is 0 Å². The fourth-order valence-corrected chi connectivity index (χ4v) is 1.76. The molecule has 0 spiro atoms. The number of pyridine rings is 1. The van der Waals surface area contributed by atoms with Crippen molar-refractivity contribution in [1.29, 1.82) is 0 Å². The standard InChI is InChI=1S/C8H5F5INO2/c9-6(10)4-1-3(2-16)15-7(14)5(4)17-8(11,12)13/h1,6,16H,2H2. The predicted octanol–water partition coefficient (Wildman–Crippen LogP) is 3.01. The number of aromatic nitrogens is 1. The Hall–Kier alpha value is -0.710. The van der Waals surface area contributed by atoms with Gasteiger partial charge in [0.25, 0.3) is 6.43 Å². The smallest absolute Gasteiger partial charge is 0.402 e. The average Bonchev–Trinajstić information content (AvgIpc) is 2.18. The molecule has 1 heterocycles. The van der Waals surface area contributed by atoms with Crippen LogP contribution in [-0.4, -0.2) is 16.5 Å². The highest BCUT2D eigenvalue weighted by Gasteiger charge is 2.35. The molecule has 0 aromatic carbocycles. The Balaban J connectivity index is 3.27. The second-order valence-electron chi connectivity index (χ2n) is 2.83. The van der Waals surface area contributed by atoms with Crippen LogP contribution in [0.5, 0.6) is 5.75 Å². The number of nitrogens with zero attached hydrogens (tertiary/aromatic N) is 1. The van der Waals surface area contributed by atoms with Gasteiger partial charge < -0.3 is 9.84 Å². The van der Waals surface area contributed by atoms with E-state index in [1.54, 1.807) is 0 Å². The molecule has 3 nitrogen and oxygen atoms in total. The van der Waals surface area contributed by atoms with Gasteiger partial charge in [-0.25, -0.2) is 13.8 Å². The summed E-state index contributed by atoms with van der Waals surface area (Å²) in [7, 11) is 0. The van der Waals surface area contributed by atoms with Crippen LogP contribution >= 0.6 is 22.6 Å². The lowest BCUT2D eigenvalue weighted by Crippen LogP contribution is -2.19. The zero-order chi connectivity index (χ0) is 13.2. The Kier molecular flexibility index (Phi) is 4.47. The summed E-state index contributed by atoms with van der Waals surface area (Å²) in [5.74, 6) is -1.04. The average molecular weight is 369 g/mol.